The van der Waals surface area contributed by atoms with Crippen LogP contribution in [0.2, 0.25) is 5.02 Å². The van der Waals surface area contributed by atoms with Crippen LogP contribution in [0.15, 0.2) is 45.8 Å². The fraction of sp³-hybridized carbons (Fsp3) is 0.263. The first kappa shape index (κ1) is 22.2. The van der Waals surface area contributed by atoms with Gasteiger partial charge in [0.2, 0.25) is 0 Å². The van der Waals surface area contributed by atoms with Gasteiger partial charge in [-0.05, 0) is 50.5 Å². The predicted molar refractivity (Wildman–Crippen MR) is 122 cm³/mol. The summed E-state index contributed by atoms with van der Waals surface area (Å²) in [4.78, 5) is 21.7. The molecule has 0 fully saturated rings. The van der Waals surface area contributed by atoms with Gasteiger partial charge in [0.25, 0.3) is 5.91 Å². The molecule has 154 valence electrons. The number of sulfone groups is 1. The Balaban J connectivity index is 2.06. The molecule has 6 nitrogen and oxygen atoms in total. The first-order chi connectivity index (χ1) is 13.6. The zero-order valence-corrected chi connectivity index (χ0v) is 20.0. The molecule has 2 aromatic carbocycles. The van der Waals surface area contributed by atoms with Crippen LogP contribution in [-0.2, 0) is 9.84 Å². The van der Waals surface area contributed by atoms with Crippen LogP contribution in [0.4, 0.5) is 5.13 Å². The number of hydrogen-bond acceptors (Lipinski definition) is 6. The third-order valence-corrected chi connectivity index (χ3v) is 7.16. The van der Waals surface area contributed by atoms with E-state index >= 15 is 0 Å². The van der Waals surface area contributed by atoms with E-state index < -0.39 is 9.84 Å². The SMILES string of the molecule is CN(C)CCN(C(=O)c1cc(Br)ccc1Cl)c1nc2ccc(S(C)(=O)=O)cc2s1. The lowest BCUT2D eigenvalue weighted by molar-refractivity contribution is 0.0985. The molecule has 0 aliphatic rings. The molecule has 0 aliphatic heterocycles. The number of anilines is 1. The highest BCUT2D eigenvalue weighted by Crippen LogP contribution is 2.32. The first-order valence-electron chi connectivity index (χ1n) is 8.58. The van der Waals surface area contributed by atoms with Gasteiger partial charge in [0.05, 0.1) is 25.7 Å². The van der Waals surface area contributed by atoms with Crippen LogP contribution in [-0.4, -0.2) is 57.6 Å². The molecule has 0 unspecified atom stereocenters. The van der Waals surface area contributed by atoms with Crippen LogP contribution in [0, 0.1) is 0 Å². The third kappa shape index (κ3) is 5.16. The van der Waals surface area contributed by atoms with Crippen molar-refractivity contribution in [3.05, 3.63) is 51.5 Å². The van der Waals surface area contributed by atoms with Crippen LogP contribution in [0.5, 0.6) is 0 Å². The third-order valence-electron chi connectivity index (χ3n) is 4.18. The van der Waals surface area contributed by atoms with Crippen molar-refractivity contribution >= 4 is 70.0 Å². The van der Waals surface area contributed by atoms with Crippen LogP contribution in [0.3, 0.4) is 0 Å². The lowest BCUT2D eigenvalue weighted by atomic mass is 10.2. The van der Waals surface area contributed by atoms with Gasteiger partial charge in [-0.1, -0.05) is 38.9 Å². The molecule has 29 heavy (non-hydrogen) atoms. The standard InChI is InChI=1S/C19H19BrClN3O3S2/c1-23(2)8-9-24(18(25)14-10-12(20)4-6-15(14)21)19-22-16-7-5-13(29(3,26)27)11-17(16)28-19/h4-7,10-11H,8-9H2,1-3H3. The molecule has 0 radical (unpaired) electrons. The number of amides is 1. The van der Waals surface area contributed by atoms with Gasteiger partial charge in [0, 0.05) is 23.8 Å². The number of aromatic nitrogens is 1. The Morgan fingerprint density at radius 1 is 1.17 bits per heavy atom. The Morgan fingerprint density at radius 3 is 2.55 bits per heavy atom. The maximum absolute atomic E-state index is 13.3. The van der Waals surface area contributed by atoms with Crippen molar-refractivity contribution in [3.8, 4) is 0 Å². The summed E-state index contributed by atoms with van der Waals surface area (Å²) >= 11 is 10.9. The number of rotatable bonds is 6. The predicted octanol–water partition coefficient (Wildman–Crippen LogP) is 4.32. The highest BCUT2D eigenvalue weighted by Gasteiger charge is 2.24. The van der Waals surface area contributed by atoms with Crippen LogP contribution in [0.1, 0.15) is 10.4 Å². The van der Waals surface area contributed by atoms with E-state index in [0.29, 0.717) is 39.0 Å². The molecule has 1 amide bonds. The van der Waals surface area contributed by atoms with E-state index in [1.165, 1.54) is 17.4 Å². The van der Waals surface area contributed by atoms with Crippen molar-refractivity contribution in [2.24, 2.45) is 0 Å². The van der Waals surface area contributed by atoms with Crippen LogP contribution in [0.25, 0.3) is 10.2 Å². The Labute approximate surface area is 187 Å². The van der Waals surface area contributed by atoms with E-state index in [4.69, 9.17) is 11.6 Å². The minimum Gasteiger partial charge on any atom is -0.308 e. The molecule has 0 N–H and O–H groups in total. The number of hydrogen-bond donors (Lipinski definition) is 0. The number of thiazole rings is 1. The molecule has 0 saturated heterocycles. The second-order valence-electron chi connectivity index (χ2n) is 6.78. The lowest BCUT2D eigenvalue weighted by Crippen LogP contribution is -2.36. The number of halogens is 2. The van der Waals surface area contributed by atoms with Crippen molar-refractivity contribution in [2.45, 2.75) is 4.90 Å². The maximum Gasteiger partial charge on any atom is 0.261 e. The lowest BCUT2D eigenvalue weighted by Gasteiger charge is -2.22. The van der Waals surface area contributed by atoms with E-state index in [2.05, 4.69) is 20.9 Å². The Kier molecular flexibility index (Phi) is 6.64. The normalized spacial score (nSPS) is 11.9. The van der Waals surface area contributed by atoms with Crippen molar-refractivity contribution in [1.82, 2.24) is 9.88 Å². The molecule has 0 saturated carbocycles. The van der Waals surface area contributed by atoms with E-state index in [-0.39, 0.29) is 10.8 Å². The molecule has 0 atom stereocenters. The van der Waals surface area contributed by atoms with Crippen molar-refractivity contribution < 1.29 is 13.2 Å². The quantitative estimate of drug-likeness (QED) is 0.488. The molecule has 0 aliphatic carbocycles. The number of likely N-dealkylation sites (N-methyl/N-ethyl adjacent to an activating group) is 1. The highest BCUT2D eigenvalue weighted by atomic mass is 79.9. The monoisotopic (exact) mass is 515 g/mol. The van der Waals surface area contributed by atoms with Crippen molar-refractivity contribution in [2.75, 3.05) is 38.3 Å². The fourth-order valence-electron chi connectivity index (χ4n) is 2.63. The summed E-state index contributed by atoms with van der Waals surface area (Å²) in [6, 6.07) is 9.90. The van der Waals surface area contributed by atoms with Crippen molar-refractivity contribution in [1.29, 1.82) is 0 Å². The molecule has 3 aromatic rings. The fourth-order valence-corrected chi connectivity index (χ4v) is 4.94. The summed E-state index contributed by atoms with van der Waals surface area (Å²) in [5, 5.41) is 0.849. The largest absolute Gasteiger partial charge is 0.308 e. The Hall–Kier alpha value is -1.52. The molecule has 0 bridgehead atoms. The van der Waals surface area contributed by atoms with Crippen LogP contribution < -0.4 is 4.90 Å². The van der Waals surface area contributed by atoms with Gasteiger partial charge in [0.15, 0.2) is 15.0 Å². The van der Waals surface area contributed by atoms with Gasteiger partial charge in [-0.2, -0.15) is 0 Å². The zero-order chi connectivity index (χ0) is 21.3. The smallest absolute Gasteiger partial charge is 0.261 e. The summed E-state index contributed by atoms with van der Waals surface area (Å²) in [6.07, 6.45) is 1.16. The summed E-state index contributed by atoms with van der Waals surface area (Å²) in [5.41, 5.74) is 1.01. The van der Waals surface area contributed by atoms with Gasteiger partial charge in [-0.15, -0.1) is 0 Å². The van der Waals surface area contributed by atoms with E-state index in [9.17, 15) is 13.2 Å². The summed E-state index contributed by atoms with van der Waals surface area (Å²) in [6.45, 7) is 1.04. The number of fused-ring (bicyclic) bond motifs is 1. The Morgan fingerprint density at radius 2 is 1.90 bits per heavy atom. The minimum absolute atomic E-state index is 0.224. The van der Waals surface area contributed by atoms with E-state index in [1.807, 2.05) is 19.0 Å². The van der Waals surface area contributed by atoms with Gasteiger partial charge in [-0.25, -0.2) is 13.4 Å². The zero-order valence-electron chi connectivity index (χ0n) is 16.0. The van der Waals surface area contributed by atoms with Crippen LogP contribution >= 0.6 is 38.9 Å². The molecule has 3 rings (SSSR count). The summed E-state index contributed by atoms with van der Waals surface area (Å²) in [5.74, 6) is -0.263. The van der Waals surface area contributed by atoms with E-state index in [1.54, 1.807) is 35.2 Å². The molecule has 1 aromatic heterocycles. The molecule has 10 heteroatoms. The minimum atomic E-state index is -3.33. The summed E-state index contributed by atoms with van der Waals surface area (Å²) < 4.78 is 25.2. The van der Waals surface area contributed by atoms with Gasteiger partial charge in [-0.3, -0.25) is 9.69 Å². The molecule has 1 heterocycles. The number of carbonyl (C=O) groups is 1. The Bertz CT molecular complexity index is 1180. The van der Waals surface area contributed by atoms with E-state index in [0.717, 1.165) is 10.7 Å². The first-order valence-corrected chi connectivity index (χ1v) is 12.5. The molecular formula is C19H19BrClN3O3S2. The second kappa shape index (κ2) is 8.69. The highest BCUT2D eigenvalue weighted by molar-refractivity contribution is 9.10. The van der Waals surface area contributed by atoms with Gasteiger partial charge in [0.1, 0.15) is 0 Å². The average Bonchev–Trinajstić information content (AvgIpc) is 3.05. The molecule has 0 spiro atoms. The molecular weight excluding hydrogens is 498 g/mol. The number of benzene rings is 2. The number of carbonyl (C=O) groups excluding carboxylic acids is 1. The van der Waals surface area contributed by atoms with Gasteiger partial charge >= 0.3 is 0 Å². The average molecular weight is 517 g/mol. The van der Waals surface area contributed by atoms with Gasteiger partial charge < -0.3 is 4.90 Å². The topological polar surface area (TPSA) is 70.6 Å². The number of nitrogens with zero attached hydrogens (tertiary/aromatic N) is 3. The maximum atomic E-state index is 13.3. The second-order valence-corrected chi connectivity index (χ2v) is 11.1. The summed E-state index contributed by atoms with van der Waals surface area (Å²) in [7, 11) is 0.517. The van der Waals surface area contributed by atoms with Crippen molar-refractivity contribution in [3.63, 3.8) is 0 Å².